The van der Waals surface area contributed by atoms with E-state index in [1.54, 1.807) is 23.0 Å². The number of nitrogens with two attached hydrogens (primary N) is 1. The molecular weight excluding hydrogens is 335 g/mol. The molecule has 1 aromatic heterocycles. The highest BCUT2D eigenvalue weighted by Crippen LogP contribution is 2.31. The molecule has 0 aliphatic rings. The Hall–Kier alpha value is -2.50. The number of aromatic nitrogens is 2. The molecule has 0 unspecified atom stereocenters. The maximum absolute atomic E-state index is 12.5. The van der Waals surface area contributed by atoms with Gasteiger partial charge in [-0.2, -0.15) is 0 Å². The van der Waals surface area contributed by atoms with E-state index in [-0.39, 0.29) is 21.6 Å². The highest BCUT2D eigenvalue weighted by molar-refractivity contribution is 6.39. The minimum atomic E-state index is -0.330. The lowest BCUT2D eigenvalue weighted by Gasteiger charge is -2.10. The molecule has 0 saturated carbocycles. The summed E-state index contributed by atoms with van der Waals surface area (Å²) in [6, 6.07) is 12.5. The van der Waals surface area contributed by atoms with Crippen LogP contribution in [0.2, 0.25) is 10.0 Å². The Balaban J connectivity index is 1.90. The number of amides is 1. The van der Waals surface area contributed by atoms with Gasteiger partial charge in [0.1, 0.15) is 5.69 Å². The van der Waals surface area contributed by atoms with E-state index in [1.807, 2.05) is 30.3 Å². The van der Waals surface area contributed by atoms with Gasteiger partial charge in [0.05, 0.1) is 28.3 Å². The standard InChI is InChI=1S/C16H12Cl2N4O/c17-12-6-10(7-13(18)15(12)19)21-16(23)14-8-20-9-22(14)11-4-2-1-3-5-11/h1-9H,19H2,(H,21,23). The average molecular weight is 347 g/mol. The van der Waals surface area contributed by atoms with E-state index in [1.165, 1.54) is 6.20 Å². The summed E-state index contributed by atoms with van der Waals surface area (Å²) in [5.74, 6) is -0.330. The Bertz CT molecular complexity index is 839. The van der Waals surface area contributed by atoms with Crippen LogP contribution in [0.4, 0.5) is 11.4 Å². The van der Waals surface area contributed by atoms with Crippen LogP contribution in [0.3, 0.4) is 0 Å². The third-order valence-electron chi connectivity index (χ3n) is 3.24. The van der Waals surface area contributed by atoms with Crippen molar-refractivity contribution in [3.8, 4) is 5.69 Å². The number of para-hydroxylation sites is 1. The molecule has 3 N–H and O–H groups in total. The van der Waals surface area contributed by atoms with E-state index in [0.717, 1.165) is 5.69 Å². The molecule has 0 spiro atoms. The first-order chi connectivity index (χ1) is 11.1. The summed E-state index contributed by atoms with van der Waals surface area (Å²) >= 11 is 12.0. The van der Waals surface area contributed by atoms with Crippen LogP contribution in [0.25, 0.3) is 5.69 Å². The van der Waals surface area contributed by atoms with Crippen molar-refractivity contribution < 1.29 is 4.79 Å². The molecule has 116 valence electrons. The first kappa shape index (κ1) is 15.4. The molecular formula is C16H12Cl2N4O. The van der Waals surface area contributed by atoms with Crippen molar-refractivity contribution in [2.45, 2.75) is 0 Å². The number of imidazole rings is 1. The minimum absolute atomic E-state index is 0.278. The summed E-state index contributed by atoms with van der Waals surface area (Å²) in [4.78, 5) is 16.5. The van der Waals surface area contributed by atoms with Crippen LogP contribution < -0.4 is 11.1 Å². The van der Waals surface area contributed by atoms with Gasteiger partial charge in [0, 0.05) is 11.4 Å². The zero-order chi connectivity index (χ0) is 16.4. The van der Waals surface area contributed by atoms with Crippen molar-refractivity contribution in [1.29, 1.82) is 0 Å². The first-order valence-electron chi connectivity index (χ1n) is 6.70. The molecule has 0 saturated heterocycles. The number of carbonyl (C=O) groups excluding carboxylic acids is 1. The molecule has 0 aliphatic carbocycles. The molecule has 1 amide bonds. The van der Waals surface area contributed by atoms with Crippen molar-refractivity contribution >= 4 is 40.5 Å². The zero-order valence-electron chi connectivity index (χ0n) is 11.8. The fraction of sp³-hybridized carbons (Fsp3) is 0. The summed E-state index contributed by atoms with van der Waals surface area (Å²) < 4.78 is 1.69. The molecule has 1 heterocycles. The van der Waals surface area contributed by atoms with E-state index >= 15 is 0 Å². The van der Waals surface area contributed by atoms with Gasteiger partial charge in [-0.15, -0.1) is 0 Å². The Morgan fingerprint density at radius 2 is 1.78 bits per heavy atom. The fourth-order valence-electron chi connectivity index (χ4n) is 2.11. The van der Waals surface area contributed by atoms with Gasteiger partial charge in [0.2, 0.25) is 0 Å². The van der Waals surface area contributed by atoms with Crippen LogP contribution in [0.5, 0.6) is 0 Å². The number of nitrogens with one attached hydrogen (secondary N) is 1. The molecule has 7 heteroatoms. The summed E-state index contributed by atoms with van der Waals surface area (Å²) in [6.45, 7) is 0. The monoisotopic (exact) mass is 346 g/mol. The molecule has 3 aromatic rings. The molecule has 0 atom stereocenters. The van der Waals surface area contributed by atoms with Crippen LogP contribution in [-0.2, 0) is 0 Å². The second-order valence-electron chi connectivity index (χ2n) is 4.79. The number of nitrogen functional groups attached to an aromatic ring is 1. The highest BCUT2D eigenvalue weighted by Gasteiger charge is 2.14. The molecule has 5 nitrogen and oxygen atoms in total. The number of anilines is 2. The number of hydrogen-bond donors (Lipinski definition) is 2. The van der Waals surface area contributed by atoms with Crippen LogP contribution in [0.1, 0.15) is 10.5 Å². The summed E-state index contributed by atoms with van der Waals surface area (Å²) in [7, 11) is 0. The molecule has 3 rings (SSSR count). The summed E-state index contributed by atoms with van der Waals surface area (Å²) in [5, 5.41) is 3.30. The minimum Gasteiger partial charge on any atom is -0.396 e. The van der Waals surface area contributed by atoms with Crippen LogP contribution in [-0.4, -0.2) is 15.5 Å². The lowest BCUT2D eigenvalue weighted by atomic mass is 10.2. The fourth-order valence-corrected chi connectivity index (χ4v) is 2.60. The third-order valence-corrected chi connectivity index (χ3v) is 3.87. The number of rotatable bonds is 3. The molecule has 0 fully saturated rings. The normalized spacial score (nSPS) is 10.5. The number of nitrogens with zero attached hydrogens (tertiary/aromatic N) is 2. The predicted octanol–water partition coefficient (Wildman–Crippen LogP) is 4.01. The van der Waals surface area contributed by atoms with E-state index in [9.17, 15) is 4.79 Å². The third kappa shape index (κ3) is 3.16. The lowest BCUT2D eigenvalue weighted by molar-refractivity contribution is 0.102. The van der Waals surface area contributed by atoms with Crippen molar-refractivity contribution in [3.63, 3.8) is 0 Å². The van der Waals surface area contributed by atoms with Crippen LogP contribution >= 0.6 is 23.2 Å². The lowest BCUT2D eigenvalue weighted by Crippen LogP contribution is -2.16. The maximum Gasteiger partial charge on any atom is 0.274 e. The van der Waals surface area contributed by atoms with Gasteiger partial charge in [-0.1, -0.05) is 41.4 Å². The van der Waals surface area contributed by atoms with E-state index < -0.39 is 0 Å². The SMILES string of the molecule is Nc1c(Cl)cc(NC(=O)c2cncn2-c2ccccc2)cc1Cl. The van der Waals surface area contributed by atoms with E-state index in [4.69, 9.17) is 28.9 Å². The second kappa shape index (κ2) is 6.32. The predicted molar refractivity (Wildman–Crippen MR) is 92.4 cm³/mol. The largest absolute Gasteiger partial charge is 0.396 e. The second-order valence-corrected chi connectivity index (χ2v) is 5.61. The van der Waals surface area contributed by atoms with Gasteiger partial charge in [0.15, 0.2) is 0 Å². The van der Waals surface area contributed by atoms with E-state index in [0.29, 0.717) is 11.4 Å². The van der Waals surface area contributed by atoms with Crippen molar-refractivity contribution in [1.82, 2.24) is 9.55 Å². The van der Waals surface area contributed by atoms with E-state index in [2.05, 4.69) is 10.3 Å². The van der Waals surface area contributed by atoms with Crippen molar-refractivity contribution in [2.75, 3.05) is 11.1 Å². The average Bonchev–Trinajstić information content (AvgIpc) is 3.03. The molecule has 0 bridgehead atoms. The quantitative estimate of drug-likeness (QED) is 0.703. The summed E-state index contributed by atoms with van der Waals surface area (Å²) in [5.41, 5.74) is 7.65. The number of carbonyl (C=O) groups is 1. The van der Waals surface area contributed by atoms with Crippen LogP contribution in [0, 0.1) is 0 Å². The molecule has 2 aromatic carbocycles. The Morgan fingerprint density at radius 3 is 2.43 bits per heavy atom. The topological polar surface area (TPSA) is 72.9 Å². The van der Waals surface area contributed by atoms with Crippen LogP contribution in [0.15, 0.2) is 55.0 Å². The number of halogens is 2. The zero-order valence-corrected chi connectivity index (χ0v) is 13.3. The van der Waals surface area contributed by atoms with Crippen molar-refractivity contribution in [3.05, 3.63) is 70.7 Å². The van der Waals surface area contributed by atoms with Gasteiger partial charge >= 0.3 is 0 Å². The Morgan fingerprint density at radius 1 is 1.13 bits per heavy atom. The highest BCUT2D eigenvalue weighted by atomic mass is 35.5. The Kier molecular flexibility index (Phi) is 4.23. The first-order valence-corrected chi connectivity index (χ1v) is 7.45. The Labute approximate surface area is 142 Å². The van der Waals surface area contributed by atoms with Crippen molar-refractivity contribution in [2.24, 2.45) is 0 Å². The number of benzene rings is 2. The molecule has 0 radical (unpaired) electrons. The molecule has 23 heavy (non-hydrogen) atoms. The molecule has 0 aliphatic heterocycles. The van der Waals surface area contributed by atoms with Gasteiger partial charge in [0.25, 0.3) is 5.91 Å². The maximum atomic E-state index is 12.5. The van der Waals surface area contributed by atoms with Gasteiger partial charge in [-0.25, -0.2) is 4.98 Å². The van der Waals surface area contributed by atoms with Gasteiger partial charge in [-0.05, 0) is 24.3 Å². The smallest absolute Gasteiger partial charge is 0.274 e. The number of hydrogen-bond acceptors (Lipinski definition) is 3. The summed E-state index contributed by atoms with van der Waals surface area (Å²) in [6.07, 6.45) is 3.07. The van der Waals surface area contributed by atoms with Gasteiger partial charge < -0.3 is 11.1 Å². The van der Waals surface area contributed by atoms with Gasteiger partial charge in [-0.3, -0.25) is 9.36 Å².